The van der Waals surface area contributed by atoms with Crippen LogP contribution in [0.5, 0.6) is 0 Å². The average molecular weight is 424 g/mol. The van der Waals surface area contributed by atoms with Gasteiger partial charge in [-0.15, -0.1) is 0 Å². The SMILES string of the molecule is O=S(=O)(NCCn1ccn2nc(-c3ccco3)cc12)c1ccc(C(F)(F)F)cc1. The van der Waals surface area contributed by atoms with E-state index in [1.807, 2.05) is 6.07 Å². The van der Waals surface area contributed by atoms with Crippen molar-refractivity contribution < 1.29 is 26.0 Å². The Bertz CT molecular complexity index is 1220. The molecule has 0 unspecified atom stereocenters. The fourth-order valence-corrected chi connectivity index (χ4v) is 3.89. The number of sulfonamides is 1. The average Bonchev–Trinajstić information content (AvgIpc) is 3.39. The molecule has 4 aromatic rings. The molecule has 0 spiro atoms. The molecule has 0 radical (unpaired) electrons. The number of fused-ring (bicyclic) bond motifs is 1. The predicted molar refractivity (Wildman–Crippen MR) is 97.5 cm³/mol. The summed E-state index contributed by atoms with van der Waals surface area (Å²) in [4.78, 5) is -0.229. The van der Waals surface area contributed by atoms with Gasteiger partial charge < -0.3 is 8.98 Å². The molecular weight excluding hydrogens is 409 g/mol. The summed E-state index contributed by atoms with van der Waals surface area (Å²) in [7, 11) is -3.93. The lowest BCUT2D eigenvalue weighted by molar-refractivity contribution is -0.137. The van der Waals surface area contributed by atoms with Crippen molar-refractivity contribution in [2.24, 2.45) is 0 Å². The van der Waals surface area contributed by atoms with E-state index in [1.54, 1.807) is 39.9 Å². The van der Waals surface area contributed by atoms with Gasteiger partial charge in [-0.3, -0.25) is 0 Å². The summed E-state index contributed by atoms with van der Waals surface area (Å²) in [6.45, 7) is 0.356. The Morgan fingerprint density at radius 3 is 2.52 bits per heavy atom. The smallest absolute Gasteiger partial charge is 0.416 e. The third kappa shape index (κ3) is 3.91. The van der Waals surface area contributed by atoms with Crippen LogP contribution in [0.15, 0.2) is 70.4 Å². The molecule has 1 aromatic carbocycles. The highest BCUT2D eigenvalue weighted by Gasteiger charge is 2.30. The van der Waals surface area contributed by atoms with E-state index in [4.69, 9.17) is 4.42 Å². The molecule has 3 heterocycles. The molecule has 0 saturated heterocycles. The Kier molecular flexibility index (Phi) is 4.71. The van der Waals surface area contributed by atoms with E-state index in [1.165, 1.54) is 0 Å². The minimum atomic E-state index is -4.52. The van der Waals surface area contributed by atoms with Gasteiger partial charge in [0.1, 0.15) is 11.3 Å². The number of nitrogens with zero attached hydrogens (tertiary/aromatic N) is 3. The molecule has 4 rings (SSSR count). The molecule has 0 aliphatic carbocycles. The summed E-state index contributed by atoms with van der Waals surface area (Å²) in [5, 5.41) is 4.38. The molecule has 1 N–H and O–H groups in total. The zero-order valence-corrected chi connectivity index (χ0v) is 15.6. The first kappa shape index (κ1) is 19.3. The van der Waals surface area contributed by atoms with Gasteiger partial charge in [0.05, 0.1) is 16.7 Å². The number of alkyl halides is 3. The van der Waals surface area contributed by atoms with Crippen molar-refractivity contribution in [3.05, 3.63) is 66.7 Å². The highest BCUT2D eigenvalue weighted by Crippen LogP contribution is 2.29. The number of benzene rings is 1. The molecular formula is C18H15F3N4O3S. The van der Waals surface area contributed by atoms with Crippen LogP contribution in [0, 0.1) is 0 Å². The standard InChI is InChI=1S/C18H15F3N4O3S/c19-18(20,21)13-3-5-14(6-4-13)29(26,27)22-7-8-24-9-10-25-17(24)12-15(23-25)16-2-1-11-28-16/h1-6,9-12,22H,7-8H2. The lowest BCUT2D eigenvalue weighted by Gasteiger charge is -2.10. The molecule has 0 saturated carbocycles. The van der Waals surface area contributed by atoms with Gasteiger partial charge in [0.2, 0.25) is 10.0 Å². The van der Waals surface area contributed by atoms with Crippen LogP contribution in [0.4, 0.5) is 13.2 Å². The molecule has 3 aromatic heterocycles. The van der Waals surface area contributed by atoms with E-state index < -0.39 is 21.8 Å². The molecule has 0 aliphatic heterocycles. The Hall–Kier alpha value is -3.05. The van der Waals surface area contributed by atoms with Crippen LogP contribution in [0.1, 0.15) is 5.56 Å². The van der Waals surface area contributed by atoms with Gasteiger partial charge >= 0.3 is 6.18 Å². The molecule has 0 bridgehead atoms. The minimum absolute atomic E-state index is 0.0506. The Balaban J connectivity index is 1.44. The summed E-state index contributed by atoms with van der Waals surface area (Å²) >= 11 is 0. The van der Waals surface area contributed by atoms with Gasteiger partial charge in [0.15, 0.2) is 5.76 Å². The predicted octanol–water partition coefficient (Wildman–Crippen LogP) is 3.39. The van der Waals surface area contributed by atoms with Gasteiger partial charge in [0.25, 0.3) is 0 Å². The normalized spacial score (nSPS) is 12.7. The first-order valence-corrected chi connectivity index (χ1v) is 9.98. The molecule has 152 valence electrons. The van der Waals surface area contributed by atoms with E-state index in [0.717, 1.165) is 29.9 Å². The van der Waals surface area contributed by atoms with E-state index in [2.05, 4.69) is 9.82 Å². The highest BCUT2D eigenvalue weighted by atomic mass is 32.2. The van der Waals surface area contributed by atoms with Crippen molar-refractivity contribution >= 4 is 15.7 Å². The Morgan fingerprint density at radius 1 is 1.10 bits per heavy atom. The molecule has 0 amide bonds. The topological polar surface area (TPSA) is 81.5 Å². The number of nitrogens with one attached hydrogen (secondary N) is 1. The third-order valence-electron chi connectivity index (χ3n) is 4.31. The van der Waals surface area contributed by atoms with Crippen molar-refractivity contribution in [2.45, 2.75) is 17.6 Å². The Labute approximate surface area is 163 Å². The molecule has 7 nitrogen and oxygen atoms in total. The largest absolute Gasteiger partial charge is 0.463 e. The molecule has 0 aliphatic rings. The Morgan fingerprint density at radius 2 is 1.86 bits per heavy atom. The lowest BCUT2D eigenvalue weighted by Crippen LogP contribution is -2.27. The molecule has 11 heteroatoms. The number of imidazole rings is 1. The van der Waals surface area contributed by atoms with Crippen molar-refractivity contribution in [3.8, 4) is 11.5 Å². The fourth-order valence-electron chi connectivity index (χ4n) is 2.87. The number of rotatable bonds is 6. The van der Waals surface area contributed by atoms with Crippen LogP contribution in [-0.4, -0.2) is 29.1 Å². The van der Waals surface area contributed by atoms with Crippen LogP contribution in [-0.2, 0) is 22.7 Å². The first-order valence-electron chi connectivity index (χ1n) is 8.49. The van der Waals surface area contributed by atoms with Crippen LogP contribution in [0.3, 0.4) is 0 Å². The van der Waals surface area contributed by atoms with Crippen LogP contribution < -0.4 is 4.72 Å². The second-order valence-corrected chi connectivity index (χ2v) is 7.99. The lowest BCUT2D eigenvalue weighted by atomic mass is 10.2. The molecule has 0 fully saturated rings. The van der Waals surface area contributed by atoms with Gasteiger partial charge in [-0.2, -0.15) is 18.3 Å². The fraction of sp³-hybridized carbons (Fsp3) is 0.167. The van der Waals surface area contributed by atoms with Crippen molar-refractivity contribution in [1.82, 2.24) is 18.9 Å². The molecule has 29 heavy (non-hydrogen) atoms. The van der Waals surface area contributed by atoms with Crippen molar-refractivity contribution in [3.63, 3.8) is 0 Å². The summed E-state index contributed by atoms with van der Waals surface area (Å²) in [6.07, 6.45) is 0.505. The number of hydrogen-bond acceptors (Lipinski definition) is 4. The highest BCUT2D eigenvalue weighted by molar-refractivity contribution is 7.89. The van der Waals surface area contributed by atoms with E-state index in [0.29, 0.717) is 18.0 Å². The van der Waals surface area contributed by atoms with Gasteiger partial charge in [-0.1, -0.05) is 0 Å². The zero-order chi connectivity index (χ0) is 20.6. The van der Waals surface area contributed by atoms with E-state index in [9.17, 15) is 21.6 Å². The maximum Gasteiger partial charge on any atom is 0.416 e. The van der Waals surface area contributed by atoms with Crippen molar-refractivity contribution in [2.75, 3.05) is 6.54 Å². The minimum Gasteiger partial charge on any atom is -0.463 e. The van der Waals surface area contributed by atoms with Gasteiger partial charge in [-0.25, -0.2) is 17.7 Å². The third-order valence-corrected chi connectivity index (χ3v) is 5.79. The maximum absolute atomic E-state index is 12.6. The molecule has 0 atom stereocenters. The van der Waals surface area contributed by atoms with Crippen molar-refractivity contribution in [1.29, 1.82) is 0 Å². The summed E-state index contributed by atoms with van der Waals surface area (Å²) in [5.74, 6) is 0.614. The number of furan rings is 1. The van der Waals surface area contributed by atoms with Crippen LogP contribution in [0.2, 0.25) is 0 Å². The van der Waals surface area contributed by atoms with Crippen LogP contribution >= 0.6 is 0 Å². The number of halogens is 3. The summed E-state index contributed by atoms with van der Waals surface area (Å²) < 4.78 is 73.6. The number of hydrogen-bond donors (Lipinski definition) is 1. The summed E-state index contributed by atoms with van der Waals surface area (Å²) in [5.41, 5.74) is 0.481. The second-order valence-electron chi connectivity index (χ2n) is 6.22. The van der Waals surface area contributed by atoms with E-state index in [-0.39, 0.29) is 11.4 Å². The van der Waals surface area contributed by atoms with Crippen LogP contribution in [0.25, 0.3) is 17.1 Å². The number of aromatic nitrogens is 3. The quantitative estimate of drug-likeness (QED) is 0.515. The second kappa shape index (κ2) is 7.08. The van der Waals surface area contributed by atoms with Gasteiger partial charge in [-0.05, 0) is 36.4 Å². The van der Waals surface area contributed by atoms with E-state index >= 15 is 0 Å². The van der Waals surface area contributed by atoms with Gasteiger partial charge in [0, 0.05) is 31.5 Å². The first-order chi connectivity index (χ1) is 13.7. The summed E-state index contributed by atoms with van der Waals surface area (Å²) in [6, 6.07) is 8.70. The zero-order valence-electron chi connectivity index (χ0n) is 14.8. The monoisotopic (exact) mass is 424 g/mol. The maximum atomic E-state index is 12.6.